The highest BCUT2D eigenvalue weighted by molar-refractivity contribution is 5.67. The summed E-state index contributed by atoms with van der Waals surface area (Å²) in [5.41, 5.74) is 3.72. The van der Waals surface area contributed by atoms with Crippen LogP contribution in [0.5, 0.6) is 5.75 Å². The number of rotatable bonds is 2. The number of methoxy groups -OCH3 is 1. The maximum absolute atomic E-state index is 11.6. The summed E-state index contributed by atoms with van der Waals surface area (Å²) >= 11 is 0. The average Bonchev–Trinajstić information content (AvgIpc) is 2.36. The summed E-state index contributed by atoms with van der Waals surface area (Å²) in [6.45, 7) is 3.95. The van der Waals surface area contributed by atoms with Crippen LogP contribution in [0, 0.1) is 13.8 Å². The van der Waals surface area contributed by atoms with Crippen LogP contribution >= 0.6 is 0 Å². The molecular weight excluding hydrogens is 228 g/mol. The number of aryl methyl sites for hydroxylation is 2. The van der Waals surface area contributed by atoms with Crippen LogP contribution in [0.3, 0.4) is 0 Å². The standard InChI is InChI=1S/C14H16N2O2/c1-9-7-11(18-4)5-6-12(9)13-10(2)8-15-14(17)16(13)3/h5-8H,1-4H3. The Kier molecular flexibility index (Phi) is 3.19. The van der Waals surface area contributed by atoms with Gasteiger partial charge in [0.1, 0.15) is 5.75 Å². The van der Waals surface area contributed by atoms with E-state index < -0.39 is 0 Å². The second-order valence-corrected chi connectivity index (χ2v) is 4.31. The van der Waals surface area contributed by atoms with Crippen molar-refractivity contribution in [3.05, 3.63) is 46.0 Å². The van der Waals surface area contributed by atoms with E-state index in [1.807, 2.05) is 32.0 Å². The highest BCUT2D eigenvalue weighted by Crippen LogP contribution is 2.27. The molecule has 0 aliphatic carbocycles. The predicted octanol–water partition coefficient (Wildman–Crippen LogP) is 2.07. The molecule has 1 aromatic heterocycles. The highest BCUT2D eigenvalue weighted by atomic mass is 16.5. The second-order valence-electron chi connectivity index (χ2n) is 4.31. The summed E-state index contributed by atoms with van der Waals surface area (Å²) in [6.07, 6.45) is 1.61. The van der Waals surface area contributed by atoms with Crippen molar-refractivity contribution < 1.29 is 4.74 Å². The monoisotopic (exact) mass is 244 g/mol. The predicted molar refractivity (Wildman–Crippen MR) is 70.9 cm³/mol. The lowest BCUT2D eigenvalue weighted by Crippen LogP contribution is -2.22. The molecular formula is C14H16N2O2. The van der Waals surface area contributed by atoms with Gasteiger partial charge in [-0.2, -0.15) is 0 Å². The Balaban J connectivity index is 2.70. The number of hydrogen-bond acceptors (Lipinski definition) is 3. The van der Waals surface area contributed by atoms with Crippen LogP contribution in [0.15, 0.2) is 29.2 Å². The van der Waals surface area contributed by atoms with Gasteiger partial charge in [0, 0.05) is 18.8 Å². The summed E-state index contributed by atoms with van der Waals surface area (Å²) in [4.78, 5) is 15.4. The van der Waals surface area contributed by atoms with Gasteiger partial charge in [0.05, 0.1) is 12.8 Å². The van der Waals surface area contributed by atoms with Gasteiger partial charge < -0.3 is 4.74 Å². The summed E-state index contributed by atoms with van der Waals surface area (Å²) in [5, 5.41) is 0. The van der Waals surface area contributed by atoms with E-state index in [0.717, 1.165) is 28.1 Å². The quantitative estimate of drug-likeness (QED) is 0.812. The minimum atomic E-state index is -0.245. The van der Waals surface area contributed by atoms with Crippen LogP contribution in [-0.2, 0) is 7.05 Å². The normalized spacial score (nSPS) is 10.4. The van der Waals surface area contributed by atoms with Gasteiger partial charge in [0.25, 0.3) is 0 Å². The van der Waals surface area contributed by atoms with Crippen molar-refractivity contribution in [3.63, 3.8) is 0 Å². The van der Waals surface area contributed by atoms with Crippen LogP contribution < -0.4 is 10.4 Å². The average molecular weight is 244 g/mol. The molecule has 0 radical (unpaired) electrons. The van der Waals surface area contributed by atoms with E-state index in [9.17, 15) is 4.79 Å². The molecule has 0 aliphatic rings. The Labute approximate surface area is 106 Å². The lowest BCUT2D eigenvalue weighted by molar-refractivity contribution is 0.414. The number of ether oxygens (including phenoxy) is 1. The molecule has 0 unspecified atom stereocenters. The fraction of sp³-hybridized carbons (Fsp3) is 0.286. The Morgan fingerprint density at radius 1 is 1.22 bits per heavy atom. The number of aromatic nitrogens is 2. The smallest absolute Gasteiger partial charge is 0.347 e. The van der Waals surface area contributed by atoms with Crippen molar-refractivity contribution in [2.75, 3.05) is 7.11 Å². The molecule has 2 rings (SSSR count). The molecule has 0 atom stereocenters. The summed E-state index contributed by atoms with van der Waals surface area (Å²) < 4.78 is 6.76. The molecule has 2 aromatic rings. The van der Waals surface area contributed by atoms with E-state index in [2.05, 4.69) is 4.98 Å². The van der Waals surface area contributed by atoms with Crippen molar-refractivity contribution >= 4 is 0 Å². The largest absolute Gasteiger partial charge is 0.497 e. The van der Waals surface area contributed by atoms with Crippen LogP contribution in [0.2, 0.25) is 0 Å². The summed E-state index contributed by atoms with van der Waals surface area (Å²) in [7, 11) is 3.38. The van der Waals surface area contributed by atoms with Gasteiger partial charge in [-0.1, -0.05) is 0 Å². The van der Waals surface area contributed by atoms with Gasteiger partial charge in [0.2, 0.25) is 0 Å². The maximum atomic E-state index is 11.6. The van der Waals surface area contributed by atoms with E-state index in [0.29, 0.717) is 0 Å². The molecule has 0 saturated heterocycles. The molecule has 0 bridgehead atoms. The van der Waals surface area contributed by atoms with Crippen molar-refractivity contribution in [1.82, 2.24) is 9.55 Å². The zero-order chi connectivity index (χ0) is 13.3. The van der Waals surface area contributed by atoms with E-state index >= 15 is 0 Å². The van der Waals surface area contributed by atoms with E-state index in [4.69, 9.17) is 4.74 Å². The first-order valence-electron chi connectivity index (χ1n) is 5.72. The third kappa shape index (κ3) is 2.01. The molecule has 0 N–H and O–H groups in total. The van der Waals surface area contributed by atoms with Crippen LogP contribution in [0.25, 0.3) is 11.3 Å². The van der Waals surface area contributed by atoms with Crippen LogP contribution in [0.4, 0.5) is 0 Å². The molecule has 4 heteroatoms. The summed E-state index contributed by atoms with van der Waals surface area (Å²) in [5.74, 6) is 0.813. The Morgan fingerprint density at radius 2 is 1.94 bits per heavy atom. The molecule has 0 aliphatic heterocycles. The minimum absolute atomic E-state index is 0.245. The molecule has 18 heavy (non-hydrogen) atoms. The molecule has 1 aromatic carbocycles. The molecule has 0 saturated carbocycles. The van der Waals surface area contributed by atoms with Gasteiger partial charge in [0.15, 0.2) is 0 Å². The molecule has 94 valence electrons. The molecule has 0 amide bonds. The first-order valence-corrected chi connectivity index (χ1v) is 5.72. The van der Waals surface area contributed by atoms with Gasteiger partial charge >= 0.3 is 5.69 Å². The number of hydrogen-bond donors (Lipinski definition) is 0. The topological polar surface area (TPSA) is 44.1 Å². The van der Waals surface area contributed by atoms with Crippen molar-refractivity contribution in [2.24, 2.45) is 7.05 Å². The van der Waals surface area contributed by atoms with E-state index in [-0.39, 0.29) is 5.69 Å². The molecule has 4 nitrogen and oxygen atoms in total. The highest BCUT2D eigenvalue weighted by Gasteiger charge is 2.10. The third-order valence-electron chi connectivity index (χ3n) is 3.05. The fourth-order valence-corrected chi connectivity index (χ4v) is 2.08. The van der Waals surface area contributed by atoms with Gasteiger partial charge in [-0.15, -0.1) is 0 Å². The Bertz CT molecular complexity index is 645. The lowest BCUT2D eigenvalue weighted by Gasteiger charge is -2.13. The zero-order valence-electron chi connectivity index (χ0n) is 11.0. The Morgan fingerprint density at radius 3 is 2.56 bits per heavy atom. The zero-order valence-corrected chi connectivity index (χ0v) is 11.0. The van der Waals surface area contributed by atoms with E-state index in [1.165, 1.54) is 0 Å². The number of benzene rings is 1. The van der Waals surface area contributed by atoms with E-state index in [1.54, 1.807) is 24.9 Å². The summed E-state index contributed by atoms with van der Waals surface area (Å²) in [6, 6.07) is 5.82. The second kappa shape index (κ2) is 4.64. The van der Waals surface area contributed by atoms with Crippen molar-refractivity contribution in [1.29, 1.82) is 0 Å². The molecule has 0 fully saturated rings. The van der Waals surface area contributed by atoms with Gasteiger partial charge in [-0.05, 0) is 43.2 Å². The third-order valence-corrected chi connectivity index (χ3v) is 3.05. The maximum Gasteiger partial charge on any atom is 0.347 e. The fourth-order valence-electron chi connectivity index (χ4n) is 2.08. The Hall–Kier alpha value is -2.10. The molecule has 1 heterocycles. The van der Waals surface area contributed by atoms with Gasteiger partial charge in [-0.3, -0.25) is 4.57 Å². The first-order chi connectivity index (χ1) is 8.54. The van der Waals surface area contributed by atoms with Crippen LogP contribution in [0.1, 0.15) is 11.1 Å². The SMILES string of the molecule is COc1ccc(-c2c(C)cnc(=O)n2C)c(C)c1. The number of nitrogens with zero attached hydrogens (tertiary/aromatic N) is 2. The minimum Gasteiger partial charge on any atom is -0.497 e. The van der Waals surface area contributed by atoms with Crippen LogP contribution in [-0.4, -0.2) is 16.7 Å². The van der Waals surface area contributed by atoms with Gasteiger partial charge in [-0.25, -0.2) is 9.78 Å². The van der Waals surface area contributed by atoms with Crippen molar-refractivity contribution in [3.8, 4) is 17.0 Å². The lowest BCUT2D eigenvalue weighted by atomic mass is 10.0. The first kappa shape index (κ1) is 12.4. The molecule has 0 spiro atoms. The van der Waals surface area contributed by atoms with Crippen molar-refractivity contribution in [2.45, 2.75) is 13.8 Å².